The first kappa shape index (κ1) is 13.6. The first-order valence-corrected chi connectivity index (χ1v) is 6.70. The maximum Gasteiger partial charge on any atom is 0.323 e. The number of esters is 1. The van der Waals surface area contributed by atoms with Crippen LogP contribution in [-0.4, -0.2) is 31.8 Å². The highest BCUT2D eigenvalue weighted by atomic mass is 79.9. The molecule has 0 radical (unpaired) electrons. The van der Waals surface area contributed by atoms with Gasteiger partial charge in [0, 0.05) is 18.0 Å². The molecule has 1 aromatic carbocycles. The number of nitrogens with one attached hydrogen (secondary N) is 1. The van der Waals surface area contributed by atoms with Gasteiger partial charge >= 0.3 is 5.97 Å². The number of carbonyl (C=O) groups excluding carboxylic acids is 1. The van der Waals surface area contributed by atoms with Crippen LogP contribution in [0.5, 0.6) is 5.75 Å². The van der Waals surface area contributed by atoms with Crippen LogP contribution < -0.4 is 10.1 Å². The molecule has 4 nitrogen and oxygen atoms in total. The highest BCUT2D eigenvalue weighted by molar-refractivity contribution is 9.10. The highest BCUT2D eigenvalue weighted by Gasteiger charge is 2.31. The smallest absolute Gasteiger partial charge is 0.323 e. The van der Waals surface area contributed by atoms with Gasteiger partial charge in [-0.05, 0) is 34.1 Å². The van der Waals surface area contributed by atoms with Gasteiger partial charge in [-0.2, -0.15) is 0 Å². The molecule has 1 N–H and O–H groups in total. The van der Waals surface area contributed by atoms with Crippen LogP contribution in [0.1, 0.15) is 6.42 Å². The van der Waals surface area contributed by atoms with E-state index in [9.17, 15) is 4.79 Å². The number of rotatable bonds is 3. The number of carbonyl (C=O) groups is 1. The largest absolute Gasteiger partial charge is 0.488 e. The summed E-state index contributed by atoms with van der Waals surface area (Å²) in [6.45, 7) is 0.620. The van der Waals surface area contributed by atoms with Gasteiger partial charge in [-0.1, -0.05) is 11.6 Å². The van der Waals surface area contributed by atoms with E-state index >= 15 is 0 Å². The lowest BCUT2D eigenvalue weighted by Gasteiger charge is -2.14. The highest BCUT2D eigenvalue weighted by Crippen LogP contribution is 2.29. The van der Waals surface area contributed by atoms with Gasteiger partial charge in [0.25, 0.3) is 0 Å². The molecule has 1 fully saturated rings. The van der Waals surface area contributed by atoms with Gasteiger partial charge < -0.3 is 14.8 Å². The van der Waals surface area contributed by atoms with Crippen LogP contribution in [0.3, 0.4) is 0 Å². The van der Waals surface area contributed by atoms with Gasteiger partial charge in [-0.15, -0.1) is 0 Å². The fraction of sp³-hybridized carbons (Fsp3) is 0.417. The lowest BCUT2D eigenvalue weighted by atomic mass is 10.2. The van der Waals surface area contributed by atoms with E-state index in [0.717, 1.165) is 10.2 Å². The van der Waals surface area contributed by atoms with E-state index < -0.39 is 0 Å². The summed E-state index contributed by atoms with van der Waals surface area (Å²) in [7, 11) is 1.38. The van der Waals surface area contributed by atoms with Crippen LogP contribution >= 0.6 is 27.5 Å². The molecule has 1 aromatic rings. The molecule has 0 amide bonds. The average Bonchev–Trinajstić information content (AvgIpc) is 2.80. The lowest BCUT2D eigenvalue weighted by molar-refractivity contribution is -0.142. The molecule has 1 heterocycles. The van der Waals surface area contributed by atoms with E-state index in [-0.39, 0.29) is 18.1 Å². The third kappa shape index (κ3) is 3.16. The Morgan fingerprint density at radius 2 is 2.33 bits per heavy atom. The Balaban J connectivity index is 1.97. The van der Waals surface area contributed by atoms with Crippen LogP contribution in [0.4, 0.5) is 0 Å². The van der Waals surface area contributed by atoms with Gasteiger partial charge in [0.15, 0.2) is 0 Å². The Morgan fingerprint density at radius 1 is 1.56 bits per heavy atom. The topological polar surface area (TPSA) is 47.6 Å². The van der Waals surface area contributed by atoms with Crippen molar-refractivity contribution in [1.29, 1.82) is 0 Å². The van der Waals surface area contributed by atoms with Crippen molar-refractivity contribution < 1.29 is 14.3 Å². The van der Waals surface area contributed by atoms with Gasteiger partial charge in [-0.25, -0.2) is 0 Å². The molecule has 18 heavy (non-hydrogen) atoms. The van der Waals surface area contributed by atoms with E-state index in [0.29, 0.717) is 18.0 Å². The second kappa shape index (κ2) is 5.91. The molecule has 0 spiro atoms. The Bertz CT molecular complexity index is 455. The third-order valence-electron chi connectivity index (χ3n) is 2.76. The Labute approximate surface area is 119 Å². The van der Waals surface area contributed by atoms with Gasteiger partial charge in [0.2, 0.25) is 0 Å². The zero-order valence-corrected chi connectivity index (χ0v) is 12.1. The fourth-order valence-corrected chi connectivity index (χ4v) is 2.64. The number of benzene rings is 1. The summed E-state index contributed by atoms with van der Waals surface area (Å²) in [5.74, 6) is 0.466. The molecule has 98 valence electrons. The summed E-state index contributed by atoms with van der Waals surface area (Å²) in [4.78, 5) is 11.4. The van der Waals surface area contributed by atoms with Gasteiger partial charge in [-0.3, -0.25) is 4.79 Å². The van der Waals surface area contributed by atoms with Crippen molar-refractivity contribution in [2.45, 2.75) is 18.6 Å². The van der Waals surface area contributed by atoms with Crippen LogP contribution in [0.25, 0.3) is 0 Å². The summed E-state index contributed by atoms with van der Waals surface area (Å²) in [6.07, 6.45) is 0.549. The average molecular weight is 335 g/mol. The van der Waals surface area contributed by atoms with Gasteiger partial charge in [0.1, 0.15) is 17.9 Å². The number of methoxy groups -OCH3 is 1. The zero-order valence-electron chi connectivity index (χ0n) is 9.78. The molecule has 2 unspecified atom stereocenters. The SMILES string of the molecule is COC(=O)C1CC(Oc2ccc(Cl)cc2Br)CN1. The first-order valence-electron chi connectivity index (χ1n) is 5.53. The van der Waals surface area contributed by atoms with Crippen molar-refractivity contribution >= 4 is 33.5 Å². The third-order valence-corrected chi connectivity index (χ3v) is 3.62. The maximum absolute atomic E-state index is 11.4. The molecule has 1 aliphatic rings. The molecule has 1 aliphatic heterocycles. The number of halogens is 2. The summed E-state index contributed by atoms with van der Waals surface area (Å²) >= 11 is 9.25. The summed E-state index contributed by atoms with van der Waals surface area (Å²) in [5.41, 5.74) is 0. The Hall–Kier alpha value is -0.780. The predicted octanol–water partition coefficient (Wildman–Crippen LogP) is 2.38. The van der Waals surface area contributed by atoms with Crippen molar-refractivity contribution in [1.82, 2.24) is 5.32 Å². The lowest BCUT2D eigenvalue weighted by Crippen LogP contribution is -2.31. The van der Waals surface area contributed by atoms with Crippen molar-refractivity contribution in [3.63, 3.8) is 0 Å². The van der Waals surface area contributed by atoms with Crippen LogP contribution in [-0.2, 0) is 9.53 Å². The minimum absolute atomic E-state index is 0.0495. The minimum atomic E-state index is -0.286. The molecule has 0 bridgehead atoms. The van der Waals surface area contributed by atoms with Crippen molar-refractivity contribution in [2.24, 2.45) is 0 Å². The van der Waals surface area contributed by atoms with Crippen molar-refractivity contribution in [3.05, 3.63) is 27.7 Å². The number of hydrogen-bond acceptors (Lipinski definition) is 4. The molecular weight excluding hydrogens is 321 g/mol. The maximum atomic E-state index is 11.4. The molecule has 6 heteroatoms. The van der Waals surface area contributed by atoms with Crippen LogP contribution in [0.15, 0.2) is 22.7 Å². The molecule has 0 saturated carbocycles. The molecule has 2 atom stereocenters. The summed E-state index contributed by atoms with van der Waals surface area (Å²) in [5, 5.41) is 3.71. The first-order chi connectivity index (χ1) is 8.60. The predicted molar refractivity (Wildman–Crippen MR) is 72.0 cm³/mol. The molecule has 0 aromatic heterocycles. The summed E-state index contributed by atoms with van der Waals surface area (Å²) < 4.78 is 11.3. The monoisotopic (exact) mass is 333 g/mol. The molecule has 2 rings (SSSR count). The minimum Gasteiger partial charge on any atom is -0.488 e. The molecular formula is C12H13BrClNO3. The number of hydrogen-bond donors (Lipinski definition) is 1. The normalized spacial score (nSPS) is 22.8. The quantitative estimate of drug-likeness (QED) is 0.862. The fourth-order valence-electron chi connectivity index (χ4n) is 1.87. The summed E-state index contributed by atoms with van der Waals surface area (Å²) in [6, 6.07) is 5.06. The van der Waals surface area contributed by atoms with Crippen LogP contribution in [0, 0.1) is 0 Å². The Morgan fingerprint density at radius 3 is 3.00 bits per heavy atom. The molecule has 0 aliphatic carbocycles. The van der Waals surface area contributed by atoms with Crippen molar-refractivity contribution in [2.75, 3.05) is 13.7 Å². The van der Waals surface area contributed by atoms with Crippen molar-refractivity contribution in [3.8, 4) is 5.75 Å². The van der Waals surface area contributed by atoms with E-state index in [2.05, 4.69) is 26.0 Å². The van der Waals surface area contributed by atoms with E-state index in [1.165, 1.54) is 7.11 Å². The van der Waals surface area contributed by atoms with Crippen LogP contribution in [0.2, 0.25) is 5.02 Å². The second-order valence-corrected chi connectivity index (χ2v) is 5.33. The molecule has 1 saturated heterocycles. The Kier molecular flexibility index (Phi) is 4.48. The van der Waals surface area contributed by atoms with E-state index in [4.69, 9.17) is 16.3 Å². The van der Waals surface area contributed by atoms with E-state index in [1.54, 1.807) is 18.2 Å². The van der Waals surface area contributed by atoms with Gasteiger partial charge in [0.05, 0.1) is 11.6 Å². The van der Waals surface area contributed by atoms with E-state index in [1.807, 2.05) is 0 Å². The number of ether oxygens (including phenoxy) is 2. The standard InChI is InChI=1S/C12H13BrClNO3/c1-17-12(16)10-5-8(6-15-10)18-11-3-2-7(14)4-9(11)13/h2-4,8,10,15H,5-6H2,1H3. The zero-order chi connectivity index (χ0) is 13.1. The second-order valence-electron chi connectivity index (χ2n) is 4.03.